The predicted molar refractivity (Wildman–Crippen MR) is 52.6 cm³/mol. The lowest BCUT2D eigenvalue weighted by Gasteiger charge is -2.34. The van der Waals surface area contributed by atoms with Crippen LogP contribution in [0, 0.1) is 0 Å². The van der Waals surface area contributed by atoms with Crippen LogP contribution < -0.4 is 0 Å². The van der Waals surface area contributed by atoms with E-state index in [0.29, 0.717) is 0 Å². The van der Waals surface area contributed by atoms with Gasteiger partial charge in [0.05, 0.1) is 0 Å². The van der Waals surface area contributed by atoms with Crippen molar-refractivity contribution in [2.45, 2.75) is 31.8 Å². The number of aromatic nitrogens is 1. The van der Waals surface area contributed by atoms with E-state index < -0.39 is 5.60 Å². The van der Waals surface area contributed by atoms with Gasteiger partial charge in [0.2, 0.25) is 0 Å². The summed E-state index contributed by atoms with van der Waals surface area (Å²) in [6.07, 6.45) is 4.66. The summed E-state index contributed by atoms with van der Waals surface area (Å²) in [5, 5.41) is 20.1. The Morgan fingerprint density at radius 3 is 2.54 bits per heavy atom. The summed E-state index contributed by atoms with van der Waals surface area (Å²) in [5.74, 6) is 0. The van der Waals surface area contributed by atoms with Gasteiger partial charge < -0.3 is 10.2 Å². The fraction of sp³-hybridized carbons (Fsp3) is 0.667. The minimum Gasteiger partial charge on any atom is -0.397 e. The second kappa shape index (κ2) is 4.69. The van der Waals surface area contributed by atoms with Crippen LogP contribution in [0.4, 0.5) is 0 Å². The topological polar surface area (TPSA) is 53.4 Å². The Morgan fingerprint density at radius 2 is 2.23 bits per heavy atom. The molecular weight excluding hydrogens is 186 g/mol. The van der Waals surface area contributed by atoms with Crippen LogP contribution in [-0.4, -0.2) is 21.8 Å². The van der Waals surface area contributed by atoms with E-state index in [9.17, 15) is 5.11 Å². The SMILES string of the molecule is CCO.OC1(c2nccs2)CCC1. The molecule has 1 fully saturated rings. The maximum Gasteiger partial charge on any atom is 0.124 e. The lowest BCUT2D eigenvalue weighted by atomic mass is 9.81. The molecule has 2 N–H and O–H groups in total. The second-order valence-electron chi connectivity index (χ2n) is 3.04. The molecule has 1 saturated carbocycles. The van der Waals surface area contributed by atoms with Gasteiger partial charge in [-0.1, -0.05) is 0 Å². The van der Waals surface area contributed by atoms with Gasteiger partial charge in [-0.25, -0.2) is 4.98 Å². The number of hydrogen-bond donors (Lipinski definition) is 2. The molecule has 1 aromatic rings. The summed E-state index contributed by atoms with van der Waals surface area (Å²) < 4.78 is 0. The maximum atomic E-state index is 9.72. The molecule has 3 nitrogen and oxygen atoms in total. The minimum atomic E-state index is -0.547. The molecule has 0 unspecified atom stereocenters. The van der Waals surface area contributed by atoms with Crippen LogP contribution in [0.2, 0.25) is 0 Å². The van der Waals surface area contributed by atoms with Crippen molar-refractivity contribution in [3.8, 4) is 0 Å². The van der Waals surface area contributed by atoms with E-state index in [4.69, 9.17) is 5.11 Å². The fourth-order valence-electron chi connectivity index (χ4n) is 1.18. The molecule has 0 radical (unpaired) electrons. The Bertz CT molecular complexity index is 232. The van der Waals surface area contributed by atoms with E-state index in [2.05, 4.69) is 4.98 Å². The molecule has 1 aromatic heterocycles. The first-order valence-electron chi connectivity index (χ1n) is 4.46. The van der Waals surface area contributed by atoms with Crippen LogP contribution in [-0.2, 0) is 5.60 Å². The van der Waals surface area contributed by atoms with Crippen molar-refractivity contribution in [2.75, 3.05) is 6.61 Å². The summed E-state index contributed by atoms with van der Waals surface area (Å²) >= 11 is 1.54. The van der Waals surface area contributed by atoms with Crippen molar-refractivity contribution < 1.29 is 10.2 Å². The molecule has 0 aromatic carbocycles. The molecule has 0 bridgehead atoms. The zero-order chi connectivity index (χ0) is 9.73. The van der Waals surface area contributed by atoms with Gasteiger partial charge in [0.1, 0.15) is 10.6 Å². The molecule has 1 aliphatic carbocycles. The Balaban J connectivity index is 0.000000251. The number of thiazole rings is 1. The third-order valence-electron chi connectivity index (χ3n) is 2.01. The van der Waals surface area contributed by atoms with E-state index in [1.807, 2.05) is 5.38 Å². The summed E-state index contributed by atoms with van der Waals surface area (Å²) in [5.41, 5.74) is -0.547. The van der Waals surface area contributed by atoms with E-state index in [-0.39, 0.29) is 6.61 Å². The average Bonchev–Trinajstić information content (AvgIpc) is 2.54. The molecule has 1 heterocycles. The van der Waals surface area contributed by atoms with Crippen LogP contribution in [0.5, 0.6) is 0 Å². The van der Waals surface area contributed by atoms with Gasteiger partial charge in [-0.3, -0.25) is 0 Å². The van der Waals surface area contributed by atoms with Crippen LogP contribution in [0.25, 0.3) is 0 Å². The number of nitrogens with zero attached hydrogens (tertiary/aromatic N) is 1. The zero-order valence-electron chi connectivity index (χ0n) is 7.73. The molecule has 4 heteroatoms. The van der Waals surface area contributed by atoms with Crippen LogP contribution >= 0.6 is 11.3 Å². The van der Waals surface area contributed by atoms with E-state index in [0.717, 1.165) is 24.3 Å². The van der Waals surface area contributed by atoms with Gasteiger partial charge in [0, 0.05) is 18.2 Å². The molecule has 1 aliphatic rings. The predicted octanol–water partition coefficient (Wildman–Crippen LogP) is 1.51. The molecule has 0 spiro atoms. The molecule has 0 atom stereocenters. The number of aliphatic hydroxyl groups is 2. The molecule has 74 valence electrons. The van der Waals surface area contributed by atoms with Crippen molar-refractivity contribution in [2.24, 2.45) is 0 Å². The first kappa shape index (κ1) is 10.6. The number of hydrogen-bond acceptors (Lipinski definition) is 4. The maximum absolute atomic E-state index is 9.72. The van der Waals surface area contributed by atoms with Crippen molar-refractivity contribution >= 4 is 11.3 Å². The van der Waals surface area contributed by atoms with Gasteiger partial charge >= 0.3 is 0 Å². The Hall–Kier alpha value is -0.450. The van der Waals surface area contributed by atoms with Gasteiger partial charge in [-0.15, -0.1) is 11.3 Å². The van der Waals surface area contributed by atoms with Crippen molar-refractivity contribution in [1.29, 1.82) is 0 Å². The molecule has 0 amide bonds. The summed E-state index contributed by atoms with van der Waals surface area (Å²) in [6.45, 7) is 1.93. The highest BCUT2D eigenvalue weighted by Gasteiger charge is 2.38. The third-order valence-corrected chi connectivity index (χ3v) is 2.98. The van der Waals surface area contributed by atoms with Crippen LogP contribution in [0.3, 0.4) is 0 Å². The summed E-state index contributed by atoms with van der Waals surface area (Å²) in [6, 6.07) is 0. The van der Waals surface area contributed by atoms with Gasteiger partial charge in [-0.05, 0) is 26.2 Å². The van der Waals surface area contributed by atoms with Crippen molar-refractivity contribution in [3.05, 3.63) is 16.6 Å². The molecule has 13 heavy (non-hydrogen) atoms. The monoisotopic (exact) mass is 201 g/mol. The van der Waals surface area contributed by atoms with Crippen LogP contribution in [0.15, 0.2) is 11.6 Å². The zero-order valence-corrected chi connectivity index (χ0v) is 8.55. The lowest BCUT2D eigenvalue weighted by Crippen LogP contribution is -2.33. The fourth-order valence-corrected chi connectivity index (χ4v) is 1.97. The highest BCUT2D eigenvalue weighted by atomic mass is 32.1. The first-order chi connectivity index (χ1) is 6.23. The highest BCUT2D eigenvalue weighted by molar-refractivity contribution is 7.09. The van der Waals surface area contributed by atoms with Gasteiger partial charge in [-0.2, -0.15) is 0 Å². The average molecular weight is 201 g/mol. The molecule has 2 rings (SSSR count). The minimum absolute atomic E-state index is 0.250. The van der Waals surface area contributed by atoms with E-state index in [1.165, 1.54) is 0 Å². The summed E-state index contributed by atoms with van der Waals surface area (Å²) in [7, 11) is 0. The standard InChI is InChI=1S/C7H9NOS.C2H6O/c9-7(2-1-3-7)6-8-4-5-10-6;1-2-3/h4-5,9H,1-3H2;3H,2H2,1H3. The van der Waals surface area contributed by atoms with E-state index >= 15 is 0 Å². The van der Waals surface area contributed by atoms with Crippen molar-refractivity contribution in [3.63, 3.8) is 0 Å². The van der Waals surface area contributed by atoms with Crippen molar-refractivity contribution in [1.82, 2.24) is 4.98 Å². The Labute approximate surface area is 82.1 Å². The third kappa shape index (κ3) is 2.49. The van der Waals surface area contributed by atoms with Gasteiger partial charge in [0.25, 0.3) is 0 Å². The molecule has 0 aliphatic heterocycles. The highest BCUT2D eigenvalue weighted by Crippen LogP contribution is 2.41. The molecular formula is C9H15NO2S. The number of rotatable bonds is 1. The van der Waals surface area contributed by atoms with Gasteiger partial charge in [0.15, 0.2) is 0 Å². The second-order valence-corrected chi connectivity index (χ2v) is 3.93. The largest absolute Gasteiger partial charge is 0.397 e. The molecule has 0 saturated heterocycles. The summed E-state index contributed by atoms with van der Waals surface area (Å²) in [4.78, 5) is 4.08. The number of aliphatic hydroxyl groups excluding tert-OH is 1. The van der Waals surface area contributed by atoms with Crippen LogP contribution in [0.1, 0.15) is 31.2 Å². The Morgan fingerprint density at radius 1 is 1.62 bits per heavy atom. The first-order valence-corrected chi connectivity index (χ1v) is 5.34. The smallest absolute Gasteiger partial charge is 0.124 e. The Kier molecular flexibility index (Phi) is 3.84. The lowest BCUT2D eigenvalue weighted by molar-refractivity contribution is -0.0389. The quantitative estimate of drug-likeness (QED) is 0.724. The normalized spacial score (nSPS) is 18.4. The van der Waals surface area contributed by atoms with E-state index in [1.54, 1.807) is 24.5 Å².